The molecular weight excluding hydrogens is 194 g/mol. The molecule has 0 saturated carbocycles. The van der Waals surface area contributed by atoms with Crippen LogP contribution < -0.4 is 0 Å². The fourth-order valence-electron chi connectivity index (χ4n) is 0.779. The monoisotopic (exact) mass is 205 g/mol. The predicted octanol–water partition coefficient (Wildman–Crippen LogP) is -0.398. The fourth-order valence-corrected chi connectivity index (χ4v) is 1.74. The Labute approximate surface area is 76.7 Å². The lowest BCUT2D eigenvalue weighted by molar-refractivity contribution is -0.0258. The summed E-state index contributed by atoms with van der Waals surface area (Å²) in [7, 11) is 0.712. The van der Waals surface area contributed by atoms with Gasteiger partial charge in [-0.1, -0.05) is 4.47 Å². The fraction of sp³-hybridized carbons (Fsp3) is 0.500. The molecule has 1 rings (SSSR count). The van der Waals surface area contributed by atoms with E-state index in [-0.39, 0.29) is 4.90 Å². The van der Waals surface area contributed by atoms with E-state index in [2.05, 4.69) is 9.94 Å². The van der Waals surface area contributed by atoms with Crippen molar-refractivity contribution in [2.45, 2.75) is 4.90 Å². The molecule has 0 N–H and O–H groups in total. The van der Waals surface area contributed by atoms with Gasteiger partial charge in [0.05, 0.1) is 13.3 Å². The highest BCUT2D eigenvalue weighted by atomic mass is 32.2. The van der Waals surface area contributed by atoms with Gasteiger partial charge in [0, 0.05) is 20.3 Å². The molecule has 0 aliphatic carbocycles. The van der Waals surface area contributed by atoms with E-state index < -0.39 is 10.0 Å². The summed E-state index contributed by atoms with van der Waals surface area (Å²) in [5.41, 5.74) is 0. The number of nitrogens with zero attached hydrogens (tertiary/aromatic N) is 3. The number of aryl methyl sites for hydroxylation is 1. The Balaban J connectivity index is 3.08. The largest absolute Gasteiger partial charge is 0.288 e. The molecule has 0 saturated heterocycles. The van der Waals surface area contributed by atoms with Crippen LogP contribution in [0, 0.1) is 0 Å². The van der Waals surface area contributed by atoms with Crippen LogP contribution >= 0.6 is 0 Å². The zero-order valence-corrected chi connectivity index (χ0v) is 8.45. The Bertz CT molecular complexity index is 384. The van der Waals surface area contributed by atoms with Crippen molar-refractivity contribution in [3.05, 3.63) is 12.4 Å². The lowest BCUT2D eigenvalue weighted by Crippen LogP contribution is -2.25. The Hall–Kier alpha value is -0.920. The summed E-state index contributed by atoms with van der Waals surface area (Å²) in [5.74, 6) is 0. The second-order valence-electron chi connectivity index (χ2n) is 2.45. The number of hydrogen-bond donors (Lipinski definition) is 0. The maximum atomic E-state index is 11.5. The molecule has 0 aliphatic heterocycles. The van der Waals surface area contributed by atoms with Crippen LogP contribution in [0.1, 0.15) is 0 Å². The maximum Gasteiger partial charge on any atom is 0.267 e. The average molecular weight is 205 g/mol. The van der Waals surface area contributed by atoms with Gasteiger partial charge < -0.3 is 0 Å². The lowest BCUT2D eigenvalue weighted by atomic mass is 10.7. The van der Waals surface area contributed by atoms with Crippen LogP contribution in [0.3, 0.4) is 0 Å². The highest BCUT2D eigenvalue weighted by Gasteiger charge is 2.21. The zero-order chi connectivity index (χ0) is 10.1. The van der Waals surface area contributed by atoms with E-state index in [1.54, 1.807) is 7.05 Å². The summed E-state index contributed by atoms with van der Waals surface area (Å²) in [4.78, 5) is 4.70. The van der Waals surface area contributed by atoms with E-state index in [0.29, 0.717) is 0 Å². The third-order valence-corrected chi connectivity index (χ3v) is 3.21. The minimum absolute atomic E-state index is 0.111. The van der Waals surface area contributed by atoms with Gasteiger partial charge in [-0.25, -0.2) is 8.42 Å². The van der Waals surface area contributed by atoms with Gasteiger partial charge in [-0.3, -0.25) is 9.52 Å². The van der Waals surface area contributed by atoms with E-state index in [0.717, 1.165) is 4.47 Å². The molecule has 0 fully saturated rings. The van der Waals surface area contributed by atoms with Gasteiger partial charge in [0.1, 0.15) is 4.90 Å². The van der Waals surface area contributed by atoms with Crippen LogP contribution in [0.25, 0.3) is 0 Å². The first-order chi connectivity index (χ1) is 5.98. The molecule has 1 aromatic rings. The molecule has 0 aromatic carbocycles. The Morgan fingerprint density at radius 2 is 2.23 bits per heavy atom. The van der Waals surface area contributed by atoms with Gasteiger partial charge in [0.25, 0.3) is 10.0 Å². The quantitative estimate of drug-likeness (QED) is 0.630. The van der Waals surface area contributed by atoms with Crippen LogP contribution in [-0.4, -0.2) is 36.8 Å². The normalized spacial score (nSPS) is 12.3. The summed E-state index contributed by atoms with van der Waals surface area (Å²) < 4.78 is 25.2. The third-order valence-electron chi connectivity index (χ3n) is 1.57. The predicted molar refractivity (Wildman–Crippen MR) is 45.2 cm³/mol. The molecule has 13 heavy (non-hydrogen) atoms. The lowest BCUT2D eigenvalue weighted by Gasteiger charge is -2.11. The number of hydrogen-bond acceptors (Lipinski definition) is 4. The van der Waals surface area contributed by atoms with E-state index in [9.17, 15) is 8.42 Å². The van der Waals surface area contributed by atoms with Crippen LogP contribution in [0.4, 0.5) is 0 Å². The first-order valence-electron chi connectivity index (χ1n) is 3.50. The first kappa shape index (κ1) is 10.2. The summed E-state index contributed by atoms with van der Waals surface area (Å²) in [6, 6.07) is 0. The highest BCUT2D eigenvalue weighted by Crippen LogP contribution is 2.11. The van der Waals surface area contributed by atoms with Crippen LogP contribution in [-0.2, 0) is 21.9 Å². The van der Waals surface area contributed by atoms with E-state index >= 15 is 0 Å². The summed E-state index contributed by atoms with van der Waals surface area (Å²) in [5, 5.41) is 3.75. The van der Waals surface area contributed by atoms with Gasteiger partial charge in [-0.2, -0.15) is 5.10 Å². The Kier molecular flexibility index (Phi) is 2.69. The molecule has 6 nitrogen and oxygen atoms in total. The van der Waals surface area contributed by atoms with E-state index in [1.807, 2.05) is 0 Å². The molecule has 0 bridgehead atoms. The van der Waals surface area contributed by atoms with Crippen LogP contribution in [0.5, 0.6) is 0 Å². The molecule has 7 heteroatoms. The van der Waals surface area contributed by atoms with Gasteiger partial charge in [0.15, 0.2) is 0 Å². The molecule has 0 amide bonds. The van der Waals surface area contributed by atoms with E-state index in [4.69, 9.17) is 0 Å². The standard InChI is InChI=1S/C6H11N3O3S/c1-8-5-6(4-7-8)13(10,11)9(2)12-3/h4-5H,1-3H3. The second-order valence-corrected chi connectivity index (χ2v) is 4.38. The Morgan fingerprint density at radius 3 is 2.62 bits per heavy atom. The highest BCUT2D eigenvalue weighted by molar-refractivity contribution is 7.89. The van der Waals surface area contributed by atoms with Crippen molar-refractivity contribution in [1.82, 2.24) is 14.2 Å². The number of aromatic nitrogens is 2. The molecule has 0 radical (unpaired) electrons. The third kappa shape index (κ3) is 1.87. The number of rotatable bonds is 3. The van der Waals surface area contributed by atoms with Crippen molar-refractivity contribution < 1.29 is 13.3 Å². The van der Waals surface area contributed by atoms with Crippen molar-refractivity contribution in [3.8, 4) is 0 Å². The van der Waals surface area contributed by atoms with Crippen molar-refractivity contribution in [2.75, 3.05) is 14.2 Å². The average Bonchev–Trinajstić information content (AvgIpc) is 2.50. The summed E-state index contributed by atoms with van der Waals surface area (Å²) in [6.07, 6.45) is 2.68. The molecule has 1 heterocycles. The van der Waals surface area contributed by atoms with Crippen LogP contribution in [0.2, 0.25) is 0 Å². The van der Waals surface area contributed by atoms with Crippen molar-refractivity contribution in [2.24, 2.45) is 7.05 Å². The summed E-state index contributed by atoms with van der Waals surface area (Å²) in [6.45, 7) is 0. The smallest absolute Gasteiger partial charge is 0.267 e. The minimum Gasteiger partial charge on any atom is -0.288 e. The molecule has 0 spiro atoms. The maximum absolute atomic E-state index is 11.5. The molecule has 74 valence electrons. The topological polar surface area (TPSA) is 64.4 Å². The number of sulfonamides is 1. The van der Waals surface area contributed by atoms with Crippen molar-refractivity contribution in [1.29, 1.82) is 0 Å². The Morgan fingerprint density at radius 1 is 1.62 bits per heavy atom. The van der Waals surface area contributed by atoms with Gasteiger partial charge >= 0.3 is 0 Å². The van der Waals surface area contributed by atoms with Crippen molar-refractivity contribution >= 4 is 10.0 Å². The molecule has 1 aromatic heterocycles. The zero-order valence-electron chi connectivity index (χ0n) is 7.63. The SMILES string of the molecule is CON(C)S(=O)(=O)c1cnn(C)c1. The molecule has 0 aliphatic rings. The summed E-state index contributed by atoms with van der Waals surface area (Å²) >= 11 is 0. The first-order valence-corrected chi connectivity index (χ1v) is 4.94. The molecule has 0 unspecified atom stereocenters. The minimum atomic E-state index is -3.54. The number of hydroxylamine groups is 1. The van der Waals surface area contributed by atoms with Crippen molar-refractivity contribution in [3.63, 3.8) is 0 Å². The van der Waals surface area contributed by atoms with Gasteiger partial charge in [-0.05, 0) is 0 Å². The van der Waals surface area contributed by atoms with Crippen LogP contribution in [0.15, 0.2) is 17.3 Å². The van der Waals surface area contributed by atoms with Gasteiger partial charge in [0.2, 0.25) is 0 Å². The molecular formula is C6H11N3O3S. The molecule has 0 atom stereocenters. The van der Waals surface area contributed by atoms with Gasteiger partial charge in [-0.15, -0.1) is 0 Å². The second kappa shape index (κ2) is 3.44. The van der Waals surface area contributed by atoms with E-state index in [1.165, 1.54) is 31.2 Å².